The first-order valence-electron chi connectivity index (χ1n) is 14.5. The summed E-state index contributed by atoms with van der Waals surface area (Å²) in [6, 6.07) is 15.0. The zero-order chi connectivity index (χ0) is 26.3. The van der Waals surface area contributed by atoms with Crippen molar-refractivity contribution in [2.24, 2.45) is 17.3 Å². The smallest absolute Gasteiger partial charge is 0.358 e. The van der Waals surface area contributed by atoms with Crippen LogP contribution in [-0.2, 0) is 25.6 Å². The third kappa shape index (κ3) is 5.53. The van der Waals surface area contributed by atoms with Crippen LogP contribution in [0.15, 0.2) is 48.5 Å². The Labute approximate surface area is 224 Å². The summed E-state index contributed by atoms with van der Waals surface area (Å²) < 4.78 is 40.2. The highest BCUT2D eigenvalue weighted by Gasteiger charge is 2.37. The fraction of sp³-hybridized carbons (Fsp3) is 0.562. The van der Waals surface area contributed by atoms with Gasteiger partial charge in [-0.15, -0.1) is 0 Å². The van der Waals surface area contributed by atoms with Gasteiger partial charge >= 0.3 is 6.18 Å². The van der Waals surface area contributed by atoms with Crippen molar-refractivity contribution in [1.82, 2.24) is 14.8 Å². The van der Waals surface area contributed by atoms with E-state index in [1.165, 1.54) is 62.0 Å². The van der Waals surface area contributed by atoms with Gasteiger partial charge in [0.2, 0.25) is 0 Å². The van der Waals surface area contributed by atoms with E-state index in [4.69, 9.17) is 0 Å². The fourth-order valence-corrected chi connectivity index (χ4v) is 7.54. The molecule has 2 saturated heterocycles. The molecular weight excluding hydrogens is 483 g/mol. The fourth-order valence-electron chi connectivity index (χ4n) is 7.54. The normalized spacial score (nSPS) is 27.2. The summed E-state index contributed by atoms with van der Waals surface area (Å²) >= 11 is 0. The second-order valence-corrected chi connectivity index (χ2v) is 12.6. The van der Waals surface area contributed by atoms with Crippen molar-refractivity contribution in [1.29, 1.82) is 0 Å². The maximum Gasteiger partial charge on any atom is 0.416 e. The molecule has 0 saturated carbocycles. The monoisotopic (exact) mass is 523 g/mol. The summed E-state index contributed by atoms with van der Waals surface area (Å²) in [6.45, 7) is 9.18. The number of aromatic nitrogens is 1. The van der Waals surface area contributed by atoms with E-state index in [1.807, 2.05) is 0 Å². The van der Waals surface area contributed by atoms with Gasteiger partial charge in [-0.2, -0.15) is 13.2 Å². The van der Waals surface area contributed by atoms with Crippen LogP contribution in [0.5, 0.6) is 0 Å². The van der Waals surface area contributed by atoms with Crippen LogP contribution in [0.3, 0.4) is 0 Å². The zero-order valence-electron chi connectivity index (χ0n) is 22.5. The zero-order valence-corrected chi connectivity index (χ0v) is 22.5. The molecule has 3 aromatic rings. The Morgan fingerprint density at radius 3 is 2.61 bits per heavy atom. The van der Waals surface area contributed by atoms with Crippen LogP contribution >= 0.6 is 0 Å². The highest BCUT2D eigenvalue weighted by atomic mass is 19.4. The molecule has 3 heterocycles. The lowest BCUT2D eigenvalue weighted by molar-refractivity contribution is -0.137. The van der Waals surface area contributed by atoms with Crippen molar-refractivity contribution in [2.45, 2.75) is 64.6 Å². The van der Waals surface area contributed by atoms with E-state index < -0.39 is 11.7 Å². The van der Waals surface area contributed by atoms with Crippen LogP contribution in [0.2, 0.25) is 0 Å². The third-order valence-electron chi connectivity index (χ3n) is 9.60. The summed E-state index contributed by atoms with van der Waals surface area (Å²) in [4.78, 5) is 8.77. The number of aromatic amines is 1. The first kappa shape index (κ1) is 25.9. The Morgan fingerprint density at radius 2 is 1.79 bits per heavy atom. The van der Waals surface area contributed by atoms with E-state index in [0.717, 1.165) is 62.0 Å². The number of alkyl halides is 3. The van der Waals surface area contributed by atoms with Crippen LogP contribution in [0.25, 0.3) is 10.9 Å². The Hall–Kier alpha value is -2.31. The molecule has 2 aliphatic heterocycles. The van der Waals surface area contributed by atoms with Crippen molar-refractivity contribution >= 4 is 10.9 Å². The summed E-state index contributed by atoms with van der Waals surface area (Å²) in [5.74, 6) is 1.14. The van der Waals surface area contributed by atoms with E-state index in [1.54, 1.807) is 6.07 Å². The minimum atomic E-state index is -4.30. The number of H-pyrrole nitrogens is 1. The predicted molar refractivity (Wildman–Crippen MR) is 147 cm³/mol. The summed E-state index contributed by atoms with van der Waals surface area (Å²) in [5, 5.41) is 0.775. The average Bonchev–Trinajstić information content (AvgIpc) is 3.10. The number of nitrogens with zero attached hydrogens (tertiary/aromatic N) is 2. The van der Waals surface area contributed by atoms with Gasteiger partial charge in [0.1, 0.15) is 0 Å². The maximum atomic E-state index is 13.4. The molecule has 0 spiro atoms. The lowest BCUT2D eigenvalue weighted by Gasteiger charge is -2.42. The Kier molecular flexibility index (Phi) is 7.06. The first-order chi connectivity index (χ1) is 18.3. The molecular formula is C32H40F3N3. The van der Waals surface area contributed by atoms with E-state index in [0.29, 0.717) is 17.3 Å². The molecule has 0 bridgehead atoms. The Morgan fingerprint density at radius 1 is 0.974 bits per heavy atom. The van der Waals surface area contributed by atoms with Gasteiger partial charge in [0.25, 0.3) is 0 Å². The van der Waals surface area contributed by atoms with E-state index in [2.05, 4.69) is 52.0 Å². The molecule has 1 N–H and O–H groups in total. The quantitative estimate of drug-likeness (QED) is 0.379. The summed E-state index contributed by atoms with van der Waals surface area (Å²) in [6.07, 6.45) is 3.74. The molecule has 3 nitrogen and oxygen atoms in total. The number of hydrogen-bond donors (Lipinski definition) is 1. The van der Waals surface area contributed by atoms with Gasteiger partial charge in [-0.05, 0) is 111 Å². The molecule has 0 radical (unpaired) electrons. The number of likely N-dealkylation sites (tertiary alicyclic amines) is 2. The largest absolute Gasteiger partial charge is 0.416 e. The highest BCUT2D eigenvalue weighted by molar-refractivity contribution is 5.85. The van der Waals surface area contributed by atoms with Crippen LogP contribution in [0.1, 0.15) is 61.4 Å². The molecule has 3 unspecified atom stereocenters. The van der Waals surface area contributed by atoms with Crippen LogP contribution in [-0.4, -0.2) is 47.5 Å². The molecule has 3 atom stereocenters. The van der Waals surface area contributed by atoms with Crippen molar-refractivity contribution in [3.63, 3.8) is 0 Å². The number of fused-ring (bicyclic) bond motifs is 4. The minimum absolute atomic E-state index is 0.337. The second-order valence-electron chi connectivity index (χ2n) is 12.6. The molecule has 6 rings (SSSR count). The van der Waals surface area contributed by atoms with Crippen molar-refractivity contribution in [3.8, 4) is 0 Å². The first-order valence-corrected chi connectivity index (χ1v) is 14.5. The van der Waals surface area contributed by atoms with Gasteiger partial charge in [0.05, 0.1) is 5.56 Å². The van der Waals surface area contributed by atoms with Crippen molar-refractivity contribution in [3.05, 3.63) is 70.9 Å². The van der Waals surface area contributed by atoms with Crippen molar-refractivity contribution < 1.29 is 13.2 Å². The number of halogens is 3. The molecule has 204 valence electrons. The Balaban J connectivity index is 1.11. The van der Waals surface area contributed by atoms with E-state index >= 15 is 0 Å². The average molecular weight is 524 g/mol. The van der Waals surface area contributed by atoms with Crippen LogP contribution in [0, 0.1) is 17.3 Å². The van der Waals surface area contributed by atoms with Gasteiger partial charge in [-0.3, -0.25) is 4.90 Å². The molecule has 0 amide bonds. The summed E-state index contributed by atoms with van der Waals surface area (Å²) in [7, 11) is 0. The molecule has 2 aromatic carbocycles. The minimum Gasteiger partial charge on any atom is -0.358 e. The topological polar surface area (TPSA) is 22.3 Å². The van der Waals surface area contributed by atoms with Crippen LogP contribution < -0.4 is 0 Å². The SMILES string of the molecule is CC1(CCN2CCCC3Cc4[nH]c5ccc(C(F)(F)F)cc5c4CC3C2)CCCN(Cc2ccccc2)C1. The molecule has 1 aliphatic carbocycles. The lowest BCUT2D eigenvalue weighted by atomic mass is 9.76. The molecule has 3 aliphatic rings. The van der Waals surface area contributed by atoms with Gasteiger partial charge < -0.3 is 9.88 Å². The van der Waals surface area contributed by atoms with Gasteiger partial charge in [-0.1, -0.05) is 37.3 Å². The highest BCUT2D eigenvalue weighted by Crippen LogP contribution is 2.41. The number of nitrogens with one attached hydrogen (secondary N) is 1. The summed E-state index contributed by atoms with van der Waals surface area (Å²) in [5.41, 5.74) is 4.34. The Bertz CT molecular complexity index is 1250. The van der Waals surface area contributed by atoms with Crippen LogP contribution in [0.4, 0.5) is 13.2 Å². The predicted octanol–water partition coefficient (Wildman–Crippen LogP) is 7.31. The number of piperidine rings is 1. The van der Waals surface area contributed by atoms with Gasteiger partial charge in [0, 0.05) is 36.2 Å². The number of hydrogen-bond acceptors (Lipinski definition) is 2. The third-order valence-corrected chi connectivity index (χ3v) is 9.60. The maximum absolute atomic E-state index is 13.4. The van der Waals surface area contributed by atoms with E-state index in [-0.39, 0.29) is 0 Å². The molecule has 1 aromatic heterocycles. The lowest BCUT2D eigenvalue weighted by Crippen LogP contribution is -2.43. The van der Waals surface area contributed by atoms with Crippen molar-refractivity contribution in [2.75, 3.05) is 32.7 Å². The second kappa shape index (κ2) is 10.3. The number of rotatable bonds is 5. The van der Waals surface area contributed by atoms with Gasteiger partial charge in [-0.25, -0.2) is 0 Å². The van der Waals surface area contributed by atoms with Gasteiger partial charge in [0.15, 0.2) is 0 Å². The van der Waals surface area contributed by atoms with E-state index in [9.17, 15) is 13.2 Å². The molecule has 6 heteroatoms. The standard InChI is InChI=1S/C32H40F3N3/c1-31(12-6-15-38(22-31)20-23-7-3-2-4-8-23)13-16-37-14-5-9-24-18-30-27(17-25(24)21-37)28-19-26(32(33,34)35)10-11-29(28)36-30/h2-4,7-8,10-11,19,24-25,36H,5-6,9,12-18,20-22H2,1H3. The number of benzene rings is 2. The molecule has 38 heavy (non-hydrogen) atoms. The molecule has 2 fully saturated rings.